The van der Waals surface area contributed by atoms with Gasteiger partial charge in [-0.1, -0.05) is 48.6 Å². The van der Waals surface area contributed by atoms with Crippen molar-refractivity contribution in [2.45, 2.75) is 6.92 Å². The largest absolute Gasteiger partial charge is 0.465 e. The molecular weight excluding hydrogens is 416 g/mol. The van der Waals surface area contributed by atoms with Gasteiger partial charge in [-0.25, -0.2) is 4.79 Å². The van der Waals surface area contributed by atoms with E-state index in [0.717, 1.165) is 21.9 Å². The molecule has 0 atom stereocenters. The number of fused-ring (bicyclic) bond motifs is 1. The highest BCUT2D eigenvalue weighted by molar-refractivity contribution is 6.09. The van der Waals surface area contributed by atoms with E-state index in [1.54, 1.807) is 11.0 Å². The van der Waals surface area contributed by atoms with Crippen LogP contribution in [0.3, 0.4) is 0 Å². The van der Waals surface area contributed by atoms with E-state index in [1.807, 2.05) is 61.5 Å². The monoisotopic (exact) mass is 440 g/mol. The predicted octanol–water partition coefficient (Wildman–Crippen LogP) is 4.68. The average molecular weight is 440 g/mol. The molecule has 0 aliphatic carbocycles. The number of carbonyl (C=O) groups is 3. The minimum Gasteiger partial charge on any atom is -0.465 e. The molecule has 1 heterocycles. The lowest BCUT2D eigenvalue weighted by Gasteiger charge is -2.17. The fourth-order valence-electron chi connectivity index (χ4n) is 3.78. The standard InChI is InChI=1S/C27H24N2O4/c1-18(20-10-9-19-7-3-4-8-21(19)16-20)15-25(30)28-24-17-22(11-12-23(24)27(32)33-2)26(31)29-13-5-6-14-29/h3-12,15-17H,13-14H2,1-2H3,(H,28,30)/b18-15-. The van der Waals surface area contributed by atoms with E-state index >= 15 is 0 Å². The smallest absolute Gasteiger partial charge is 0.339 e. The number of benzene rings is 3. The van der Waals surface area contributed by atoms with Gasteiger partial charge in [-0.15, -0.1) is 0 Å². The first-order valence-corrected chi connectivity index (χ1v) is 10.6. The molecule has 0 unspecified atom stereocenters. The molecule has 0 spiro atoms. The second-order valence-electron chi connectivity index (χ2n) is 7.81. The Bertz CT molecular complexity index is 1300. The topological polar surface area (TPSA) is 75.7 Å². The Morgan fingerprint density at radius 2 is 1.61 bits per heavy atom. The van der Waals surface area contributed by atoms with Crippen molar-refractivity contribution in [3.8, 4) is 0 Å². The van der Waals surface area contributed by atoms with Gasteiger partial charge in [-0.2, -0.15) is 0 Å². The summed E-state index contributed by atoms with van der Waals surface area (Å²) in [6, 6.07) is 18.6. The van der Waals surface area contributed by atoms with Gasteiger partial charge in [-0.3, -0.25) is 9.59 Å². The van der Waals surface area contributed by atoms with Crippen molar-refractivity contribution in [2.24, 2.45) is 0 Å². The van der Waals surface area contributed by atoms with Crippen LogP contribution in [0, 0.1) is 0 Å². The molecule has 0 radical (unpaired) electrons. The minimum absolute atomic E-state index is 0.171. The number of ether oxygens (including phenoxy) is 1. The van der Waals surface area contributed by atoms with Crippen LogP contribution in [-0.4, -0.2) is 42.9 Å². The Morgan fingerprint density at radius 3 is 2.33 bits per heavy atom. The second-order valence-corrected chi connectivity index (χ2v) is 7.81. The number of esters is 1. The predicted molar refractivity (Wildman–Crippen MR) is 129 cm³/mol. The number of nitrogens with zero attached hydrogens (tertiary/aromatic N) is 1. The molecule has 2 amide bonds. The highest BCUT2D eigenvalue weighted by Gasteiger charge is 2.20. The van der Waals surface area contributed by atoms with Gasteiger partial charge in [0.25, 0.3) is 5.91 Å². The van der Waals surface area contributed by atoms with Crippen LogP contribution in [0.2, 0.25) is 0 Å². The molecule has 33 heavy (non-hydrogen) atoms. The fraction of sp³-hybridized carbons (Fsp3) is 0.148. The number of methoxy groups -OCH3 is 1. The molecule has 1 aliphatic rings. The van der Waals surface area contributed by atoms with Gasteiger partial charge in [0, 0.05) is 24.7 Å². The molecular formula is C27H24N2O4. The van der Waals surface area contributed by atoms with E-state index < -0.39 is 11.9 Å². The van der Waals surface area contributed by atoms with Gasteiger partial charge in [0.05, 0.1) is 18.4 Å². The van der Waals surface area contributed by atoms with Crippen LogP contribution in [0.5, 0.6) is 0 Å². The van der Waals surface area contributed by atoms with Crippen molar-refractivity contribution in [1.82, 2.24) is 4.90 Å². The third kappa shape index (κ3) is 4.85. The summed E-state index contributed by atoms with van der Waals surface area (Å²) in [5, 5.41) is 4.95. The summed E-state index contributed by atoms with van der Waals surface area (Å²) in [7, 11) is 1.27. The fourth-order valence-corrected chi connectivity index (χ4v) is 3.78. The summed E-state index contributed by atoms with van der Waals surface area (Å²) in [6.45, 7) is 2.92. The van der Waals surface area contributed by atoms with Crippen LogP contribution in [0.4, 0.5) is 5.69 Å². The number of rotatable bonds is 5. The first-order valence-electron chi connectivity index (χ1n) is 10.6. The summed E-state index contributed by atoms with van der Waals surface area (Å²) in [5.74, 6) is -1.17. The number of anilines is 1. The van der Waals surface area contributed by atoms with Gasteiger partial charge in [-0.05, 0) is 53.1 Å². The normalized spacial score (nSPS) is 13.3. The van der Waals surface area contributed by atoms with E-state index in [4.69, 9.17) is 4.74 Å². The Morgan fingerprint density at radius 1 is 0.909 bits per heavy atom. The van der Waals surface area contributed by atoms with Gasteiger partial charge in [0.15, 0.2) is 0 Å². The number of nitrogens with one attached hydrogen (secondary N) is 1. The van der Waals surface area contributed by atoms with Crippen LogP contribution in [0.1, 0.15) is 33.2 Å². The lowest BCUT2D eigenvalue weighted by atomic mass is 10.0. The summed E-state index contributed by atoms with van der Waals surface area (Å²) >= 11 is 0. The molecule has 4 rings (SSSR count). The average Bonchev–Trinajstić information content (AvgIpc) is 3.37. The SMILES string of the molecule is COC(=O)c1ccc(C(=O)N2CC=CC2)cc1NC(=O)/C=C(/C)c1ccc2ccccc2c1. The van der Waals surface area contributed by atoms with E-state index in [9.17, 15) is 14.4 Å². The number of carbonyl (C=O) groups excluding carboxylic acids is 3. The molecule has 3 aromatic carbocycles. The van der Waals surface area contributed by atoms with E-state index in [-0.39, 0.29) is 17.2 Å². The van der Waals surface area contributed by atoms with Crippen molar-refractivity contribution >= 4 is 39.8 Å². The molecule has 166 valence electrons. The van der Waals surface area contributed by atoms with Crippen LogP contribution < -0.4 is 5.32 Å². The van der Waals surface area contributed by atoms with Crippen molar-refractivity contribution in [3.63, 3.8) is 0 Å². The number of allylic oxidation sites excluding steroid dienone is 1. The van der Waals surface area contributed by atoms with Gasteiger partial charge in [0.1, 0.15) is 0 Å². The molecule has 1 aliphatic heterocycles. The third-order valence-electron chi connectivity index (χ3n) is 5.59. The molecule has 0 bridgehead atoms. The van der Waals surface area contributed by atoms with E-state index in [2.05, 4.69) is 5.32 Å². The van der Waals surface area contributed by atoms with Gasteiger partial charge < -0.3 is 15.0 Å². The van der Waals surface area contributed by atoms with E-state index in [0.29, 0.717) is 18.7 Å². The van der Waals surface area contributed by atoms with E-state index in [1.165, 1.54) is 25.3 Å². The summed E-state index contributed by atoms with van der Waals surface area (Å²) in [4.78, 5) is 39.5. The highest BCUT2D eigenvalue weighted by atomic mass is 16.5. The van der Waals surface area contributed by atoms with Crippen LogP contribution in [0.15, 0.2) is 78.9 Å². The number of hydrogen-bond donors (Lipinski definition) is 1. The Hall–Kier alpha value is -4.19. The molecule has 6 heteroatoms. The van der Waals surface area contributed by atoms with Crippen molar-refractivity contribution < 1.29 is 19.1 Å². The maximum Gasteiger partial charge on any atom is 0.339 e. The summed E-state index contributed by atoms with van der Waals surface area (Å²) in [5.41, 5.74) is 2.48. The Kier molecular flexibility index (Phi) is 6.36. The minimum atomic E-state index is -0.595. The molecule has 3 aromatic rings. The Labute approximate surface area is 192 Å². The van der Waals surface area contributed by atoms with Crippen LogP contribution in [0.25, 0.3) is 16.3 Å². The summed E-state index contributed by atoms with van der Waals surface area (Å²) in [6.07, 6.45) is 5.32. The van der Waals surface area contributed by atoms with Gasteiger partial charge in [0.2, 0.25) is 5.91 Å². The van der Waals surface area contributed by atoms with Crippen molar-refractivity contribution in [2.75, 3.05) is 25.5 Å². The molecule has 0 saturated carbocycles. The van der Waals surface area contributed by atoms with Crippen LogP contribution in [-0.2, 0) is 9.53 Å². The van der Waals surface area contributed by atoms with Gasteiger partial charge >= 0.3 is 5.97 Å². The lowest BCUT2D eigenvalue weighted by Crippen LogP contribution is -2.28. The second kappa shape index (κ2) is 9.53. The number of amides is 2. The van der Waals surface area contributed by atoms with Crippen molar-refractivity contribution in [1.29, 1.82) is 0 Å². The molecule has 0 fully saturated rings. The quantitative estimate of drug-likeness (QED) is 0.355. The maximum atomic E-state index is 12.8. The Balaban J connectivity index is 1.59. The zero-order valence-electron chi connectivity index (χ0n) is 18.5. The summed E-state index contributed by atoms with van der Waals surface area (Å²) < 4.78 is 4.84. The first kappa shape index (κ1) is 22.0. The third-order valence-corrected chi connectivity index (χ3v) is 5.59. The molecule has 1 N–H and O–H groups in total. The highest BCUT2D eigenvalue weighted by Crippen LogP contribution is 2.23. The maximum absolute atomic E-state index is 12.8. The molecule has 6 nitrogen and oxygen atoms in total. The lowest BCUT2D eigenvalue weighted by molar-refractivity contribution is -0.111. The first-order chi connectivity index (χ1) is 16.0. The van der Waals surface area contributed by atoms with Crippen LogP contribution >= 0.6 is 0 Å². The molecule has 0 aromatic heterocycles. The molecule has 0 saturated heterocycles. The number of hydrogen-bond acceptors (Lipinski definition) is 4. The zero-order chi connectivity index (χ0) is 23.4. The van der Waals surface area contributed by atoms with Crippen molar-refractivity contribution in [3.05, 3.63) is 95.6 Å². The zero-order valence-corrected chi connectivity index (χ0v) is 18.5.